The number of carbonyl (C=O) groups is 2. The number of hydrogen-bond acceptors (Lipinski definition) is 4. The molecule has 1 N–H and O–H groups in total. The summed E-state index contributed by atoms with van der Waals surface area (Å²) >= 11 is 11.7. The molecule has 3 rings (SSSR count). The Morgan fingerprint density at radius 2 is 1.50 bits per heavy atom. The van der Waals surface area contributed by atoms with Crippen LogP contribution in [0.25, 0.3) is 0 Å². The maximum absolute atomic E-state index is 12.5. The van der Waals surface area contributed by atoms with Gasteiger partial charge in [-0.05, 0) is 48.9 Å². The molecule has 1 fully saturated rings. The van der Waals surface area contributed by atoms with Gasteiger partial charge < -0.3 is 0 Å². The fourth-order valence-electron chi connectivity index (χ4n) is 2.59. The Morgan fingerprint density at radius 1 is 0.885 bits per heavy atom. The number of carbonyl (C=O) groups excluding carboxylic acids is 2. The molecule has 26 heavy (non-hydrogen) atoms. The molecule has 1 aliphatic rings. The monoisotopic (exact) mass is 412 g/mol. The quantitative estimate of drug-likeness (QED) is 0.773. The second-order valence-corrected chi connectivity index (χ2v) is 8.20. The van der Waals surface area contributed by atoms with Crippen LogP contribution in [0.5, 0.6) is 0 Å². The van der Waals surface area contributed by atoms with Gasteiger partial charge in [-0.2, -0.15) is 0 Å². The van der Waals surface area contributed by atoms with Gasteiger partial charge in [-0.1, -0.05) is 23.2 Å². The maximum atomic E-state index is 12.5. The molecule has 1 saturated heterocycles. The van der Waals surface area contributed by atoms with Gasteiger partial charge in [-0.25, -0.2) is 8.42 Å². The first-order valence-electron chi connectivity index (χ1n) is 7.72. The summed E-state index contributed by atoms with van der Waals surface area (Å²) < 4.78 is 27.4. The van der Waals surface area contributed by atoms with Crippen molar-refractivity contribution in [3.8, 4) is 0 Å². The third kappa shape index (κ3) is 3.85. The van der Waals surface area contributed by atoms with E-state index in [9.17, 15) is 18.0 Å². The molecule has 6 nitrogen and oxygen atoms in total. The number of amides is 2. The number of sulfonamides is 1. The van der Waals surface area contributed by atoms with Gasteiger partial charge in [-0.3, -0.25) is 19.2 Å². The van der Waals surface area contributed by atoms with Crippen molar-refractivity contribution in [3.05, 3.63) is 52.5 Å². The van der Waals surface area contributed by atoms with Gasteiger partial charge in [0.25, 0.3) is 10.0 Å². The summed E-state index contributed by atoms with van der Waals surface area (Å²) in [6, 6.07) is 9.92. The van der Waals surface area contributed by atoms with Crippen LogP contribution in [-0.2, 0) is 19.6 Å². The van der Waals surface area contributed by atoms with E-state index < -0.39 is 10.0 Å². The van der Waals surface area contributed by atoms with Gasteiger partial charge >= 0.3 is 0 Å². The van der Waals surface area contributed by atoms with E-state index in [1.54, 1.807) is 0 Å². The Labute approximate surface area is 160 Å². The minimum Gasteiger partial charge on any atom is -0.280 e. The average molecular weight is 413 g/mol. The summed E-state index contributed by atoms with van der Waals surface area (Å²) in [4.78, 5) is 25.0. The molecule has 2 amide bonds. The highest BCUT2D eigenvalue weighted by Gasteiger charge is 2.27. The second kappa shape index (κ2) is 7.26. The van der Waals surface area contributed by atoms with Crippen molar-refractivity contribution in [2.24, 2.45) is 0 Å². The lowest BCUT2D eigenvalue weighted by atomic mass is 10.1. The number of rotatable bonds is 4. The Bertz CT molecular complexity index is 959. The average Bonchev–Trinajstić information content (AvgIpc) is 2.58. The van der Waals surface area contributed by atoms with Crippen molar-refractivity contribution in [3.63, 3.8) is 0 Å². The molecule has 1 aliphatic heterocycles. The fourth-order valence-corrected chi connectivity index (χ4v) is 3.94. The van der Waals surface area contributed by atoms with Crippen molar-refractivity contribution in [2.75, 3.05) is 9.62 Å². The molecular formula is C17H14Cl2N2O4S. The van der Waals surface area contributed by atoms with Crippen LogP contribution >= 0.6 is 23.2 Å². The van der Waals surface area contributed by atoms with Crippen LogP contribution in [0.4, 0.5) is 11.4 Å². The van der Waals surface area contributed by atoms with E-state index in [0.717, 1.165) is 4.90 Å². The van der Waals surface area contributed by atoms with E-state index in [1.165, 1.54) is 42.5 Å². The number of nitrogens with one attached hydrogen (secondary N) is 1. The smallest absolute Gasteiger partial charge is 0.261 e. The number of halogens is 2. The third-order valence-electron chi connectivity index (χ3n) is 3.86. The predicted octanol–water partition coefficient (Wildman–Crippen LogP) is 3.84. The lowest BCUT2D eigenvalue weighted by Gasteiger charge is -2.24. The van der Waals surface area contributed by atoms with Gasteiger partial charge in [0.2, 0.25) is 11.8 Å². The molecule has 0 bridgehead atoms. The molecule has 0 saturated carbocycles. The summed E-state index contributed by atoms with van der Waals surface area (Å²) in [5, 5.41) is 0.541. The van der Waals surface area contributed by atoms with Gasteiger partial charge in [0, 0.05) is 12.8 Å². The molecular weight excluding hydrogens is 399 g/mol. The van der Waals surface area contributed by atoms with E-state index in [1.807, 2.05) is 0 Å². The predicted molar refractivity (Wildman–Crippen MR) is 100 cm³/mol. The molecule has 1 heterocycles. The topological polar surface area (TPSA) is 83.6 Å². The summed E-state index contributed by atoms with van der Waals surface area (Å²) in [7, 11) is -3.86. The van der Waals surface area contributed by atoms with Crippen molar-refractivity contribution in [1.82, 2.24) is 0 Å². The molecule has 0 spiro atoms. The highest BCUT2D eigenvalue weighted by atomic mass is 35.5. The zero-order chi connectivity index (χ0) is 18.9. The van der Waals surface area contributed by atoms with Gasteiger partial charge in [-0.15, -0.1) is 0 Å². The summed E-state index contributed by atoms with van der Waals surface area (Å²) in [6.45, 7) is 0. The second-order valence-electron chi connectivity index (χ2n) is 5.70. The van der Waals surface area contributed by atoms with Crippen LogP contribution in [0.15, 0.2) is 47.4 Å². The minimum atomic E-state index is -3.86. The number of piperidine rings is 1. The van der Waals surface area contributed by atoms with Gasteiger partial charge in [0.15, 0.2) is 0 Å². The zero-order valence-electron chi connectivity index (χ0n) is 13.4. The molecule has 0 aliphatic carbocycles. The molecule has 0 unspecified atom stereocenters. The lowest BCUT2D eigenvalue weighted by Crippen LogP contribution is -2.40. The molecule has 0 aromatic heterocycles. The van der Waals surface area contributed by atoms with E-state index in [0.29, 0.717) is 30.0 Å². The SMILES string of the molecule is O=C1CCCC(=O)N1c1ccc(S(=O)(=O)Nc2ccc(Cl)c(Cl)c2)cc1. The number of imide groups is 1. The zero-order valence-corrected chi connectivity index (χ0v) is 15.7. The van der Waals surface area contributed by atoms with Crippen molar-refractivity contribution in [1.29, 1.82) is 0 Å². The molecule has 136 valence electrons. The highest BCUT2D eigenvalue weighted by Crippen LogP contribution is 2.27. The Kier molecular flexibility index (Phi) is 5.22. The van der Waals surface area contributed by atoms with E-state index >= 15 is 0 Å². The Hall–Kier alpha value is -2.09. The largest absolute Gasteiger partial charge is 0.280 e. The lowest BCUT2D eigenvalue weighted by molar-refractivity contribution is -0.129. The Balaban J connectivity index is 1.83. The minimum absolute atomic E-state index is 0.00997. The number of nitrogens with zero attached hydrogens (tertiary/aromatic N) is 1. The number of hydrogen-bond donors (Lipinski definition) is 1. The molecule has 2 aromatic rings. The normalized spacial score (nSPS) is 15.2. The first-order chi connectivity index (χ1) is 12.3. The van der Waals surface area contributed by atoms with Crippen molar-refractivity contribution < 1.29 is 18.0 Å². The van der Waals surface area contributed by atoms with Crippen LogP contribution in [0.3, 0.4) is 0 Å². The standard InChI is InChI=1S/C17H14Cl2N2O4S/c18-14-9-4-11(10-15(14)19)20-26(24,25)13-7-5-12(6-8-13)21-16(22)2-1-3-17(21)23/h4-10,20H,1-3H2. The summed E-state index contributed by atoms with van der Waals surface area (Å²) in [6.07, 6.45) is 1.13. The fraction of sp³-hybridized carbons (Fsp3) is 0.176. The van der Waals surface area contributed by atoms with Gasteiger partial charge in [0.05, 0.1) is 26.3 Å². The van der Waals surface area contributed by atoms with Crippen molar-refractivity contribution >= 4 is 56.4 Å². The van der Waals surface area contributed by atoms with Crippen LogP contribution in [-0.4, -0.2) is 20.2 Å². The van der Waals surface area contributed by atoms with E-state index in [4.69, 9.17) is 23.2 Å². The van der Waals surface area contributed by atoms with Crippen LogP contribution in [0.1, 0.15) is 19.3 Å². The first-order valence-corrected chi connectivity index (χ1v) is 9.95. The number of benzene rings is 2. The summed E-state index contributed by atoms with van der Waals surface area (Å²) in [5.41, 5.74) is 0.623. The van der Waals surface area contributed by atoms with E-state index in [2.05, 4.69) is 4.72 Å². The van der Waals surface area contributed by atoms with Gasteiger partial charge in [0.1, 0.15) is 0 Å². The highest BCUT2D eigenvalue weighted by molar-refractivity contribution is 7.92. The molecule has 0 radical (unpaired) electrons. The number of anilines is 2. The van der Waals surface area contributed by atoms with Crippen LogP contribution in [0, 0.1) is 0 Å². The summed E-state index contributed by atoms with van der Waals surface area (Å²) in [5.74, 6) is -0.573. The molecule has 9 heteroatoms. The first kappa shape index (κ1) is 18.7. The van der Waals surface area contributed by atoms with Crippen molar-refractivity contribution in [2.45, 2.75) is 24.2 Å². The van der Waals surface area contributed by atoms with Crippen LogP contribution < -0.4 is 9.62 Å². The molecule has 2 aromatic carbocycles. The van der Waals surface area contributed by atoms with E-state index in [-0.39, 0.29) is 27.4 Å². The third-order valence-corrected chi connectivity index (χ3v) is 5.99. The van der Waals surface area contributed by atoms with Crippen LogP contribution in [0.2, 0.25) is 10.0 Å². The maximum Gasteiger partial charge on any atom is 0.261 e. The Morgan fingerprint density at radius 3 is 2.08 bits per heavy atom. The molecule has 0 atom stereocenters.